The molecule has 11 heteroatoms. The van der Waals surface area contributed by atoms with Crippen molar-refractivity contribution in [2.24, 2.45) is 11.8 Å². The van der Waals surface area contributed by atoms with Crippen LogP contribution in [0.15, 0.2) is 47.1 Å². The van der Waals surface area contributed by atoms with E-state index in [4.69, 9.17) is 19.0 Å². The van der Waals surface area contributed by atoms with Gasteiger partial charge in [-0.2, -0.15) is 0 Å². The van der Waals surface area contributed by atoms with E-state index in [1.807, 2.05) is 41.3 Å². The summed E-state index contributed by atoms with van der Waals surface area (Å²) >= 11 is 1.45. The minimum Gasteiger partial charge on any atom is -0.470 e. The van der Waals surface area contributed by atoms with Crippen LogP contribution in [0.5, 0.6) is 5.19 Å². The number of ether oxygens (including phenoxy) is 2. The predicted octanol–water partition coefficient (Wildman–Crippen LogP) is 4.19. The lowest BCUT2D eigenvalue weighted by Gasteiger charge is -2.44. The number of amides is 1. The molecule has 2 fully saturated rings. The van der Waals surface area contributed by atoms with Crippen molar-refractivity contribution in [1.29, 1.82) is 0 Å². The smallest absolute Gasteiger partial charge is 0.275 e. The minimum absolute atomic E-state index is 0.0352. The fourth-order valence-electron chi connectivity index (χ4n) is 6.02. The third kappa shape index (κ3) is 5.33. The van der Waals surface area contributed by atoms with Gasteiger partial charge in [0.05, 0.1) is 31.7 Å². The van der Waals surface area contributed by atoms with Crippen LogP contribution in [0.3, 0.4) is 0 Å². The molecular formula is C29H34N6O4S. The van der Waals surface area contributed by atoms with Crippen LogP contribution in [-0.2, 0) is 10.2 Å². The summed E-state index contributed by atoms with van der Waals surface area (Å²) in [6.07, 6.45) is 3.49. The lowest BCUT2D eigenvalue weighted by atomic mass is 9.63. The fraction of sp³-hybridized carbons (Fsp3) is 0.483. The van der Waals surface area contributed by atoms with Crippen molar-refractivity contribution in [3.8, 4) is 16.5 Å². The number of hydrogen-bond donors (Lipinski definition) is 1. The normalized spacial score (nSPS) is 21.7. The number of piperidine rings is 1. The van der Waals surface area contributed by atoms with Gasteiger partial charge in [-0.15, -0.1) is 5.10 Å². The van der Waals surface area contributed by atoms with Crippen LogP contribution < -0.4 is 10.1 Å². The first-order chi connectivity index (χ1) is 19.5. The number of aromatic nitrogens is 4. The van der Waals surface area contributed by atoms with Crippen molar-refractivity contribution < 1.29 is 18.8 Å². The molecule has 2 atom stereocenters. The molecule has 4 aromatic rings. The van der Waals surface area contributed by atoms with Gasteiger partial charge < -0.3 is 24.2 Å². The molecule has 210 valence electrons. The highest BCUT2D eigenvalue weighted by molar-refractivity contribution is 7.19. The Morgan fingerprint density at radius 2 is 2.00 bits per heavy atom. The van der Waals surface area contributed by atoms with Gasteiger partial charge in [0.1, 0.15) is 10.3 Å². The van der Waals surface area contributed by atoms with Gasteiger partial charge in [0.2, 0.25) is 0 Å². The Morgan fingerprint density at radius 1 is 1.18 bits per heavy atom. The van der Waals surface area contributed by atoms with E-state index in [9.17, 15) is 4.79 Å². The molecule has 1 N–H and O–H groups in total. The van der Waals surface area contributed by atoms with Crippen LogP contribution in [0, 0.1) is 11.8 Å². The third-order valence-electron chi connectivity index (χ3n) is 8.21. The van der Waals surface area contributed by atoms with Crippen molar-refractivity contribution >= 4 is 27.6 Å². The van der Waals surface area contributed by atoms with E-state index in [1.54, 1.807) is 6.20 Å². The lowest BCUT2D eigenvalue weighted by Crippen LogP contribution is -2.50. The molecule has 5 heterocycles. The molecule has 0 saturated carbocycles. The molecular weight excluding hydrogens is 528 g/mol. The summed E-state index contributed by atoms with van der Waals surface area (Å²) < 4.78 is 17.2. The zero-order chi connectivity index (χ0) is 27.5. The van der Waals surface area contributed by atoms with Crippen molar-refractivity contribution in [2.45, 2.75) is 32.1 Å². The van der Waals surface area contributed by atoms with Gasteiger partial charge in [-0.3, -0.25) is 4.79 Å². The maximum Gasteiger partial charge on any atom is 0.275 e. The van der Waals surface area contributed by atoms with Gasteiger partial charge in [-0.25, -0.2) is 9.97 Å². The highest BCUT2D eigenvalue weighted by Crippen LogP contribution is 2.44. The quantitative estimate of drug-likeness (QED) is 0.338. The molecule has 2 saturated heterocycles. The molecule has 40 heavy (non-hydrogen) atoms. The van der Waals surface area contributed by atoms with Gasteiger partial charge >= 0.3 is 0 Å². The van der Waals surface area contributed by atoms with Gasteiger partial charge in [-0.05, 0) is 62.0 Å². The number of nitrogens with zero attached hydrogens (tertiary/aromatic N) is 5. The maximum absolute atomic E-state index is 12.8. The van der Waals surface area contributed by atoms with Crippen molar-refractivity contribution in [3.63, 3.8) is 0 Å². The zero-order valence-corrected chi connectivity index (χ0v) is 23.7. The molecule has 10 nitrogen and oxygen atoms in total. The molecule has 1 amide bonds. The van der Waals surface area contributed by atoms with Crippen LogP contribution in [0.2, 0.25) is 0 Å². The number of fused-ring (bicyclic) bond motifs is 1. The first kappa shape index (κ1) is 26.8. The second-order valence-electron chi connectivity index (χ2n) is 10.8. The average molecular weight is 563 g/mol. The summed E-state index contributed by atoms with van der Waals surface area (Å²) in [6, 6.07) is 11.6. The summed E-state index contributed by atoms with van der Waals surface area (Å²) in [5, 5.41) is 11.9. The van der Waals surface area contributed by atoms with Crippen molar-refractivity contribution in [3.05, 3.63) is 53.9 Å². The molecule has 3 aromatic heterocycles. The fourth-order valence-corrected chi connectivity index (χ4v) is 6.84. The van der Waals surface area contributed by atoms with Gasteiger partial charge in [-0.1, -0.05) is 37.3 Å². The van der Waals surface area contributed by atoms with Gasteiger partial charge in [0.15, 0.2) is 5.76 Å². The summed E-state index contributed by atoms with van der Waals surface area (Å²) in [4.78, 5) is 24.9. The topological polar surface area (TPSA) is 116 Å². The second kappa shape index (κ2) is 11.6. The number of nitrogens with one attached hydrogen (secondary N) is 1. The molecule has 2 aliphatic rings. The lowest BCUT2D eigenvalue weighted by molar-refractivity contribution is 0.0303. The molecule has 2 unspecified atom stereocenters. The van der Waals surface area contributed by atoms with E-state index in [2.05, 4.69) is 34.5 Å². The number of rotatable bonds is 8. The van der Waals surface area contributed by atoms with E-state index in [0.29, 0.717) is 55.5 Å². The summed E-state index contributed by atoms with van der Waals surface area (Å²) in [5.41, 5.74) is 3.08. The number of thiazole rings is 1. The summed E-state index contributed by atoms with van der Waals surface area (Å²) in [6.45, 7) is 9.29. The zero-order valence-electron chi connectivity index (χ0n) is 22.8. The minimum atomic E-state index is -0.180. The molecule has 6 rings (SSSR count). The number of benzene rings is 1. The summed E-state index contributed by atoms with van der Waals surface area (Å²) in [7, 11) is 0. The average Bonchev–Trinajstić information content (AvgIpc) is 3.68. The monoisotopic (exact) mass is 562 g/mol. The van der Waals surface area contributed by atoms with Crippen LogP contribution in [0.4, 0.5) is 0 Å². The Kier molecular flexibility index (Phi) is 7.77. The van der Waals surface area contributed by atoms with Crippen LogP contribution >= 0.6 is 11.3 Å². The van der Waals surface area contributed by atoms with Gasteiger partial charge in [0.25, 0.3) is 11.1 Å². The Labute approximate surface area is 237 Å². The van der Waals surface area contributed by atoms with E-state index >= 15 is 0 Å². The number of carbonyl (C=O) groups excluding carboxylic acids is 1. The second-order valence-corrected chi connectivity index (χ2v) is 11.8. The Bertz CT molecular complexity index is 1430. The first-order valence-corrected chi connectivity index (χ1v) is 14.7. The molecule has 0 radical (unpaired) electrons. The van der Waals surface area contributed by atoms with Crippen LogP contribution in [0.25, 0.3) is 21.6 Å². The Hall–Kier alpha value is -3.41. The Balaban J connectivity index is 1.14. The standard InChI is InChI=1S/C29H34N6O4S/c1-19(2)22-17-30-11-9-29(22,25-18-31-34-39-25)10-14-38-28-33-24-8-7-23(32-26(24)40-28)20-3-5-21(6-4-20)27(36)35-12-15-37-16-13-35/h3-8,18-19,22,30H,9-17H2,1-2H3. The Morgan fingerprint density at radius 3 is 2.75 bits per heavy atom. The number of pyridine rings is 1. The van der Waals surface area contributed by atoms with E-state index < -0.39 is 0 Å². The maximum atomic E-state index is 12.8. The number of carbonyl (C=O) groups is 1. The predicted molar refractivity (Wildman–Crippen MR) is 151 cm³/mol. The summed E-state index contributed by atoms with van der Waals surface area (Å²) in [5.74, 6) is 1.72. The van der Waals surface area contributed by atoms with E-state index in [0.717, 1.165) is 53.3 Å². The van der Waals surface area contributed by atoms with Crippen LogP contribution in [-0.4, -0.2) is 77.1 Å². The molecule has 1 aromatic carbocycles. The van der Waals surface area contributed by atoms with Crippen molar-refractivity contribution in [1.82, 2.24) is 30.6 Å². The van der Waals surface area contributed by atoms with Gasteiger partial charge in [0, 0.05) is 34.9 Å². The first-order valence-electron chi connectivity index (χ1n) is 13.9. The molecule has 0 bridgehead atoms. The van der Waals surface area contributed by atoms with E-state index in [-0.39, 0.29) is 11.3 Å². The van der Waals surface area contributed by atoms with Crippen LogP contribution in [0.1, 0.15) is 42.8 Å². The third-order valence-corrected chi connectivity index (χ3v) is 9.09. The number of hydrogen-bond acceptors (Lipinski definition) is 10. The van der Waals surface area contributed by atoms with Crippen molar-refractivity contribution in [2.75, 3.05) is 46.0 Å². The number of morpholine rings is 1. The SMILES string of the molecule is CC(C)C1CNCCC1(CCOc1nc2ccc(-c3ccc(C(=O)N4CCOCC4)cc3)nc2s1)c1cnno1. The molecule has 0 spiro atoms. The highest BCUT2D eigenvalue weighted by Gasteiger charge is 2.46. The van der Waals surface area contributed by atoms with E-state index in [1.165, 1.54) is 11.3 Å². The largest absolute Gasteiger partial charge is 0.470 e. The highest BCUT2D eigenvalue weighted by atomic mass is 32.1. The molecule has 0 aliphatic carbocycles. The molecule has 2 aliphatic heterocycles.